The highest BCUT2D eigenvalue weighted by Gasteiger charge is 2.09. The van der Waals surface area contributed by atoms with E-state index in [4.69, 9.17) is 17.3 Å². The molecule has 80 valence electrons. The van der Waals surface area contributed by atoms with Gasteiger partial charge in [-0.15, -0.1) is 11.3 Å². The van der Waals surface area contributed by atoms with Crippen LogP contribution in [-0.2, 0) is 6.42 Å². The highest BCUT2D eigenvalue weighted by molar-refractivity contribution is 7.16. The van der Waals surface area contributed by atoms with Crippen LogP contribution in [0.25, 0.3) is 0 Å². The first-order valence-corrected chi connectivity index (χ1v) is 6.20. The number of unbranched alkanes of at least 4 members (excludes halogenated alkanes) is 1. The maximum absolute atomic E-state index is 5.90. The molecule has 1 aromatic rings. The molecule has 0 amide bonds. The van der Waals surface area contributed by atoms with E-state index in [1.807, 2.05) is 6.07 Å². The fourth-order valence-corrected chi connectivity index (χ4v) is 2.50. The fraction of sp³-hybridized carbons (Fsp3) is 0.636. The van der Waals surface area contributed by atoms with Crippen LogP contribution < -0.4 is 5.73 Å². The van der Waals surface area contributed by atoms with E-state index in [9.17, 15) is 0 Å². The average molecular weight is 232 g/mol. The topological polar surface area (TPSA) is 26.0 Å². The maximum Gasteiger partial charge on any atom is 0.0931 e. The first-order chi connectivity index (χ1) is 6.47. The second-order valence-corrected chi connectivity index (χ2v) is 6.20. The van der Waals surface area contributed by atoms with E-state index in [-0.39, 0.29) is 5.54 Å². The number of rotatable bonds is 5. The summed E-state index contributed by atoms with van der Waals surface area (Å²) in [6.45, 7) is 4.16. The van der Waals surface area contributed by atoms with Gasteiger partial charge in [0, 0.05) is 10.4 Å². The Balaban J connectivity index is 2.16. The summed E-state index contributed by atoms with van der Waals surface area (Å²) in [5.74, 6) is 0. The monoisotopic (exact) mass is 231 g/mol. The summed E-state index contributed by atoms with van der Waals surface area (Å²) < 4.78 is 0.888. The molecule has 1 nitrogen and oxygen atoms in total. The molecule has 0 aliphatic rings. The van der Waals surface area contributed by atoms with Crippen LogP contribution in [0.1, 0.15) is 38.0 Å². The number of nitrogens with two attached hydrogens (primary N) is 1. The van der Waals surface area contributed by atoms with Crippen molar-refractivity contribution in [2.45, 2.75) is 45.1 Å². The SMILES string of the molecule is CC(C)(N)CCCCc1ccc(Cl)s1. The number of halogens is 1. The van der Waals surface area contributed by atoms with Crippen molar-refractivity contribution < 1.29 is 0 Å². The van der Waals surface area contributed by atoms with Gasteiger partial charge in [-0.1, -0.05) is 18.0 Å². The van der Waals surface area contributed by atoms with Crippen LogP contribution in [0.4, 0.5) is 0 Å². The third-order valence-corrected chi connectivity index (χ3v) is 3.41. The van der Waals surface area contributed by atoms with Crippen LogP contribution in [0.15, 0.2) is 12.1 Å². The van der Waals surface area contributed by atoms with Crippen molar-refractivity contribution in [2.75, 3.05) is 0 Å². The maximum atomic E-state index is 5.90. The molecule has 0 saturated carbocycles. The van der Waals surface area contributed by atoms with Crippen molar-refractivity contribution >= 4 is 22.9 Å². The lowest BCUT2D eigenvalue weighted by Gasteiger charge is -2.17. The Morgan fingerprint density at radius 2 is 2.07 bits per heavy atom. The molecule has 1 rings (SSSR count). The molecular weight excluding hydrogens is 214 g/mol. The first-order valence-electron chi connectivity index (χ1n) is 5.00. The van der Waals surface area contributed by atoms with Crippen LogP contribution in [0, 0.1) is 0 Å². The van der Waals surface area contributed by atoms with Gasteiger partial charge >= 0.3 is 0 Å². The lowest BCUT2D eigenvalue weighted by atomic mass is 9.98. The summed E-state index contributed by atoms with van der Waals surface area (Å²) in [4.78, 5) is 1.38. The Morgan fingerprint density at radius 3 is 2.57 bits per heavy atom. The molecule has 1 heterocycles. The molecule has 1 aromatic heterocycles. The Bertz CT molecular complexity index is 275. The predicted octanol–water partition coefficient (Wildman–Crippen LogP) is 3.85. The largest absolute Gasteiger partial charge is 0.326 e. The molecule has 14 heavy (non-hydrogen) atoms. The molecule has 0 aromatic carbocycles. The van der Waals surface area contributed by atoms with E-state index in [1.54, 1.807) is 11.3 Å². The van der Waals surface area contributed by atoms with Crippen LogP contribution in [0.5, 0.6) is 0 Å². The minimum atomic E-state index is -0.0207. The van der Waals surface area contributed by atoms with Crippen LogP contribution in [0.3, 0.4) is 0 Å². The molecule has 0 fully saturated rings. The predicted molar refractivity (Wildman–Crippen MR) is 65.2 cm³/mol. The van der Waals surface area contributed by atoms with Gasteiger partial charge in [-0.05, 0) is 45.2 Å². The molecule has 0 spiro atoms. The molecule has 0 aliphatic carbocycles. The average Bonchev–Trinajstić information content (AvgIpc) is 2.44. The van der Waals surface area contributed by atoms with Crippen molar-refractivity contribution in [3.63, 3.8) is 0 Å². The summed E-state index contributed by atoms with van der Waals surface area (Å²) in [5, 5.41) is 0. The standard InChI is InChI=1S/C11H18ClNS/c1-11(2,13)8-4-3-5-9-6-7-10(12)14-9/h6-7H,3-5,8,13H2,1-2H3. The highest BCUT2D eigenvalue weighted by Crippen LogP contribution is 2.23. The molecule has 0 bridgehead atoms. The first kappa shape index (κ1) is 12.0. The Hall–Kier alpha value is -0.0500. The summed E-state index contributed by atoms with van der Waals surface area (Å²) >= 11 is 7.52. The Labute approximate surface area is 95.3 Å². The van der Waals surface area contributed by atoms with Gasteiger partial charge in [0.05, 0.1) is 4.34 Å². The van der Waals surface area contributed by atoms with E-state index >= 15 is 0 Å². The van der Waals surface area contributed by atoms with Gasteiger partial charge in [-0.25, -0.2) is 0 Å². The molecule has 3 heteroatoms. The molecule has 2 N–H and O–H groups in total. The van der Waals surface area contributed by atoms with E-state index in [0.29, 0.717) is 0 Å². The van der Waals surface area contributed by atoms with Gasteiger partial charge in [0.2, 0.25) is 0 Å². The Kier molecular flexibility index (Phi) is 4.42. The molecular formula is C11H18ClNS. The van der Waals surface area contributed by atoms with Gasteiger partial charge in [0.1, 0.15) is 0 Å². The van der Waals surface area contributed by atoms with Crippen LogP contribution in [0.2, 0.25) is 4.34 Å². The van der Waals surface area contributed by atoms with Crippen LogP contribution >= 0.6 is 22.9 Å². The molecule has 0 saturated heterocycles. The van der Waals surface area contributed by atoms with Gasteiger partial charge in [-0.3, -0.25) is 0 Å². The van der Waals surface area contributed by atoms with Gasteiger partial charge < -0.3 is 5.73 Å². The minimum absolute atomic E-state index is 0.0207. The highest BCUT2D eigenvalue weighted by atomic mass is 35.5. The molecule has 0 unspecified atom stereocenters. The third-order valence-electron chi connectivity index (χ3n) is 2.12. The van der Waals surface area contributed by atoms with Crippen molar-refractivity contribution in [3.05, 3.63) is 21.3 Å². The summed E-state index contributed by atoms with van der Waals surface area (Å²) in [6.07, 6.45) is 4.62. The van der Waals surface area contributed by atoms with Gasteiger partial charge in [0.15, 0.2) is 0 Å². The molecule has 0 atom stereocenters. The third kappa shape index (κ3) is 4.99. The zero-order valence-electron chi connectivity index (χ0n) is 8.85. The van der Waals surface area contributed by atoms with Gasteiger partial charge in [-0.2, -0.15) is 0 Å². The number of hydrogen-bond donors (Lipinski definition) is 1. The zero-order valence-corrected chi connectivity index (χ0v) is 10.4. The summed E-state index contributed by atoms with van der Waals surface area (Å²) in [6, 6.07) is 4.08. The normalized spacial score (nSPS) is 12.0. The fourth-order valence-electron chi connectivity index (χ4n) is 1.37. The van der Waals surface area contributed by atoms with Crippen molar-refractivity contribution in [1.82, 2.24) is 0 Å². The smallest absolute Gasteiger partial charge is 0.0931 e. The van der Waals surface area contributed by atoms with E-state index in [0.717, 1.165) is 17.2 Å². The molecule has 0 aliphatic heterocycles. The zero-order chi connectivity index (χ0) is 10.6. The van der Waals surface area contributed by atoms with Crippen molar-refractivity contribution in [1.29, 1.82) is 0 Å². The summed E-state index contributed by atoms with van der Waals surface area (Å²) in [7, 11) is 0. The second-order valence-electron chi connectivity index (χ2n) is 4.40. The second kappa shape index (κ2) is 5.15. The number of hydrogen-bond acceptors (Lipinski definition) is 2. The summed E-state index contributed by atoms with van der Waals surface area (Å²) in [5.41, 5.74) is 5.88. The van der Waals surface area contributed by atoms with Crippen molar-refractivity contribution in [3.8, 4) is 0 Å². The van der Waals surface area contributed by atoms with E-state index in [2.05, 4.69) is 19.9 Å². The number of aryl methyl sites for hydroxylation is 1. The minimum Gasteiger partial charge on any atom is -0.326 e. The quantitative estimate of drug-likeness (QED) is 0.766. The lowest BCUT2D eigenvalue weighted by Crippen LogP contribution is -2.31. The van der Waals surface area contributed by atoms with E-state index in [1.165, 1.54) is 17.7 Å². The Morgan fingerprint density at radius 1 is 1.36 bits per heavy atom. The van der Waals surface area contributed by atoms with Gasteiger partial charge in [0.25, 0.3) is 0 Å². The lowest BCUT2D eigenvalue weighted by molar-refractivity contribution is 0.451. The number of thiophene rings is 1. The van der Waals surface area contributed by atoms with Crippen molar-refractivity contribution in [2.24, 2.45) is 5.73 Å². The molecule has 0 radical (unpaired) electrons. The van der Waals surface area contributed by atoms with E-state index < -0.39 is 0 Å². The van der Waals surface area contributed by atoms with Crippen LogP contribution in [-0.4, -0.2) is 5.54 Å².